The number of aliphatic carboxylic acids is 1. The predicted molar refractivity (Wildman–Crippen MR) is 69.3 cm³/mol. The van der Waals surface area contributed by atoms with Gasteiger partial charge >= 0.3 is 5.97 Å². The van der Waals surface area contributed by atoms with Crippen molar-refractivity contribution >= 4 is 5.97 Å². The lowest BCUT2D eigenvalue weighted by Gasteiger charge is -2.28. The zero-order valence-corrected chi connectivity index (χ0v) is 11.6. The first-order chi connectivity index (χ1) is 7.92. The van der Waals surface area contributed by atoms with Gasteiger partial charge in [0.1, 0.15) is 5.54 Å². The third-order valence-corrected chi connectivity index (χ3v) is 2.69. The average Bonchev–Trinajstić information content (AvgIpc) is 2.22. The highest BCUT2D eigenvalue weighted by Crippen LogP contribution is 2.14. The van der Waals surface area contributed by atoms with E-state index < -0.39 is 11.5 Å². The number of hydrogen-bond donors (Lipinski definition) is 2. The number of carboxylic acid groups (broad SMARTS) is 1. The van der Waals surface area contributed by atoms with Crippen molar-refractivity contribution in [3.8, 4) is 0 Å². The van der Waals surface area contributed by atoms with E-state index in [1.807, 2.05) is 13.8 Å². The monoisotopic (exact) mass is 245 g/mol. The van der Waals surface area contributed by atoms with Gasteiger partial charge in [0.25, 0.3) is 0 Å². The molecule has 17 heavy (non-hydrogen) atoms. The molecule has 0 rings (SSSR count). The van der Waals surface area contributed by atoms with Crippen LogP contribution in [0.15, 0.2) is 0 Å². The van der Waals surface area contributed by atoms with Gasteiger partial charge in [-0.2, -0.15) is 0 Å². The van der Waals surface area contributed by atoms with Crippen molar-refractivity contribution in [3.63, 3.8) is 0 Å². The van der Waals surface area contributed by atoms with E-state index >= 15 is 0 Å². The Labute approximate surface area is 105 Å². The molecule has 0 aromatic rings. The normalized spacial score (nSPS) is 14.9. The number of rotatable bonds is 10. The van der Waals surface area contributed by atoms with Gasteiger partial charge < -0.3 is 9.84 Å². The minimum absolute atomic E-state index is 0.164. The van der Waals surface area contributed by atoms with Gasteiger partial charge in [0.05, 0.1) is 0 Å². The van der Waals surface area contributed by atoms with Crippen molar-refractivity contribution in [2.24, 2.45) is 0 Å². The fourth-order valence-electron chi connectivity index (χ4n) is 1.75. The lowest BCUT2D eigenvalue weighted by molar-refractivity contribution is -0.144. The molecule has 0 bridgehead atoms. The molecule has 0 spiro atoms. The van der Waals surface area contributed by atoms with Crippen LogP contribution in [-0.4, -0.2) is 35.9 Å². The number of ether oxygens (including phenoxy) is 1. The number of carbonyl (C=O) groups is 1. The fraction of sp³-hybridized carbons (Fsp3) is 0.923. The van der Waals surface area contributed by atoms with Crippen molar-refractivity contribution in [1.82, 2.24) is 5.32 Å². The molecule has 0 radical (unpaired) electrons. The van der Waals surface area contributed by atoms with E-state index in [1.54, 1.807) is 6.92 Å². The molecule has 0 fully saturated rings. The first kappa shape index (κ1) is 16.4. The first-order valence-electron chi connectivity index (χ1n) is 6.51. The van der Waals surface area contributed by atoms with Gasteiger partial charge in [-0.3, -0.25) is 10.1 Å². The van der Waals surface area contributed by atoms with Crippen molar-refractivity contribution in [1.29, 1.82) is 0 Å². The summed E-state index contributed by atoms with van der Waals surface area (Å²) in [4.78, 5) is 11.2. The Hall–Kier alpha value is -0.610. The Bertz CT molecular complexity index is 219. The molecule has 0 aliphatic heterocycles. The molecule has 4 nitrogen and oxygen atoms in total. The number of unbranched alkanes of at least 4 members (excludes halogenated alkanes) is 1. The van der Waals surface area contributed by atoms with E-state index in [0.29, 0.717) is 13.0 Å². The molecule has 0 saturated carbocycles. The van der Waals surface area contributed by atoms with Crippen LogP contribution in [0.3, 0.4) is 0 Å². The summed E-state index contributed by atoms with van der Waals surface area (Å²) >= 11 is 0. The predicted octanol–water partition coefficient (Wildman–Crippen LogP) is 2.42. The molecule has 4 heteroatoms. The van der Waals surface area contributed by atoms with E-state index in [2.05, 4.69) is 12.2 Å². The third-order valence-electron chi connectivity index (χ3n) is 2.69. The van der Waals surface area contributed by atoms with E-state index in [0.717, 1.165) is 25.9 Å². The lowest BCUT2D eigenvalue weighted by atomic mass is 9.95. The van der Waals surface area contributed by atoms with Gasteiger partial charge in [-0.25, -0.2) is 0 Å². The summed E-state index contributed by atoms with van der Waals surface area (Å²) in [7, 11) is 0. The zero-order chi connectivity index (χ0) is 13.3. The third kappa shape index (κ3) is 7.34. The minimum Gasteiger partial charge on any atom is -0.480 e. The Balaban J connectivity index is 3.89. The largest absolute Gasteiger partial charge is 0.480 e. The fourth-order valence-corrected chi connectivity index (χ4v) is 1.75. The summed E-state index contributed by atoms with van der Waals surface area (Å²) in [6, 6.07) is 0.164. The molecule has 1 atom stereocenters. The summed E-state index contributed by atoms with van der Waals surface area (Å²) < 4.78 is 5.43. The molecule has 0 heterocycles. The Morgan fingerprint density at radius 2 is 1.94 bits per heavy atom. The summed E-state index contributed by atoms with van der Waals surface area (Å²) in [5, 5.41) is 12.3. The first-order valence-corrected chi connectivity index (χ1v) is 6.51. The quantitative estimate of drug-likeness (QED) is 0.580. The van der Waals surface area contributed by atoms with Crippen LogP contribution in [0.4, 0.5) is 0 Å². The average molecular weight is 245 g/mol. The minimum atomic E-state index is -0.845. The van der Waals surface area contributed by atoms with E-state index in [4.69, 9.17) is 4.74 Å². The van der Waals surface area contributed by atoms with Crippen LogP contribution in [0.5, 0.6) is 0 Å². The Kier molecular flexibility index (Phi) is 8.17. The highest BCUT2D eigenvalue weighted by atomic mass is 16.5. The molecule has 2 N–H and O–H groups in total. The molecule has 102 valence electrons. The van der Waals surface area contributed by atoms with Gasteiger partial charge in [0.15, 0.2) is 0 Å². The topological polar surface area (TPSA) is 58.6 Å². The summed E-state index contributed by atoms with van der Waals surface area (Å²) in [6.45, 7) is 9.19. The molecular formula is C13H27NO3. The molecular weight excluding hydrogens is 218 g/mol. The van der Waals surface area contributed by atoms with Crippen LogP contribution >= 0.6 is 0 Å². The SMILES string of the molecule is CCCCOCCCC(C)(NC(C)C)C(=O)O. The van der Waals surface area contributed by atoms with Crippen molar-refractivity contribution in [3.05, 3.63) is 0 Å². The second kappa shape index (κ2) is 8.48. The van der Waals surface area contributed by atoms with Gasteiger partial charge in [0.2, 0.25) is 0 Å². The van der Waals surface area contributed by atoms with E-state index in [1.165, 1.54) is 0 Å². The van der Waals surface area contributed by atoms with Crippen LogP contribution in [0, 0.1) is 0 Å². The summed E-state index contributed by atoms with van der Waals surface area (Å²) in [6.07, 6.45) is 3.56. The van der Waals surface area contributed by atoms with Crippen molar-refractivity contribution in [2.75, 3.05) is 13.2 Å². The molecule has 0 aliphatic carbocycles. The molecule has 0 saturated heterocycles. The molecule has 0 aliphatic rings. The van der Waals surface area contributed by atoms with Gasteiger partial charge in [-0.15, -0.1) is 0 Å². The van der Waals surface area contributed by atoms with E-state index in [-0.39, 0.29) is 6.04 Å². The molecule has 0 aromatic heterocycles. The van der Waals surface area contributed by atoms with Crippen molar-refractivity contribution < 1.29 is 14.6 Å². The summed E-state index contributed by atoms with van der Waals surface area (Å²) in [5.41, 5.74) is -0.845. The highest BCUT2D eigenvalue weighted by Gasteiger charge is 2.32. The summed E-state index contributed by atoms with van der Waals surface area (Å²) in [5.74, 6) is -0.792. The zero-order valence-electron chi connectivity index (χ0n) is 11.6. The lowest BCUT2D eigenvalue weighted by Crippen LogP contribution is -2.52. The molecule has 1 unspecified atom stereocenters. The highest BCUT2D eigenvalue weighted by molar-refractivity contribution is 5.78. The Morgan fingerprint density at radius 1 is 1.35 bits per heavy atom. The van der Waals surface area contributed by atoms with Crippen LogP contribution in [0.2, 0.25) is 0 Å². The number of hydrogen-bond acceptors (Lipinski definition) is 3. The molecule has 0 aromatic carbocycles. The number of carboxylic acids is 1. The second-order valence-electron chi connectivity index (χ2n) is 5.01. The van der Waals surface area contributed by atoms with E-state index in [9.17, 15) is 9.90 Å². The number of nitrogens with one attached hydrogen (secondary N) is 1. The smallest absolute Gasteiger partial charge is 0.323 e. The van der Waals surface area contributed by atoms with Gasteiger partial charge in [-0.1, -0.05) is 13.3 Å². The molecule has 0 amide bonds. The maximum absolute atomic E-state index is 11.2. The van der Waals surface area contributed by atoms with Crippen LogP contribution in [-0.2, 0) is 9.53 Å². The standard InChI is InChI=1S/C13H27NO3/c1-5-6-9-17-10-7-8-13(4,12(15)16)14-11(2)3/h11,14H,5-10H2,1-4H3,(H,15,16). The Morgan fingerprint density at radius 3 is 2.41 bits per heavy atom. The van der Waals surface area contributed by atoms with Crippen LogP contribution in [0.1, 0.15) is 53.4 Å². The van der Waals surface area contributed by atoms with Crippen molar-refractivity contribution in [2.45, 2.75) is 65.0 Å². The maximum atomic E-state index is 11.2. The maximum Gasteiger partial charge on any atom is 0.323 e. The van der Waals surface area contributed by atoms with Crippen LogP contribution < -0.4 is 5.32 Å². The van der Waals surface area contributed by atoms with Gasteiger partial charge in [-0.05, 0) is 40.0 Å². The van der Waals surface area contributed by atoms with Gasteiger partial charge in [0, 0.05) is 19.3 Å². The second-order valence-corrected chi connectivity index (χ2v) is 5.01. The van der Waals surface area contributed by atoms with Crippen LogP contribution in [0.25, 0.3) is 0 Å².